The number of piperidine rings is 1. The average Bonchev–Trinajstić information content (AvgIpc) is 3.27. The van der Waals surface area contributed by atoms with Gasteiger partial charge in [0, 0.05) is 24.7 Å². The first-order valence-electron chi connectivity index (χ1n) is 8.33. The molecule has 142 valence electrons. The van der Waals surface area contributed by atoms with Crippen LogP contribution in [0.25, 0.3) is 11.1 Å². The summed E-state index contributed by atoms with van der Waals surface area (Å²) >= 11 is 0. The van der Waals surface area contributed by atoms with Crippen LogP contribution in [0.2, 0.25) is 0 Å². The largest absolute Gasteiger partial charge is 0.417 e. The summed E-state index contributed by atoms with van der Waals surface area (Å²) in [6.45, 7) is 0.662. The molecule has 0 spiro atoms. The zero-order valence-electron chi connectivity index (χ0n) is 14.1. The first kappa shape index (κ1) is 17.5. The van der Waals surface area contributed by atoms with Crippen LogP contribution in [0.15, 0.2) is 38.4 Å². The van der Waals surface area contributed by atoms with Gasteiger partial charge in [-0.3, -0.25) is 14.9 Å². The quantitative estimate of drug-likeness (QED) is 0.588. The summed E-state index contributed by atoms with van der Waals surface area (Å²) in [5.74, 6) is -1.16. The third-order valence-corrected chi connectivity index (χ3v) is 6.67. The smallest absolute Gasteiger partial charge is 0.408 e. The van der Waals surface area contributed by atoms with Gasteiger partial charge in [-0.25, -0.2) is 13.2 Å². The molecule has 4 rings (SSSR count). The third kappa shape index (κ3) is 3.15. The van der Waals surface area contributed by atoms with Crippen LogP contribution in [-0.4, -0.2) is 46.9 Å². The summed E-state index contributed by atoms with van der Waals surface area (Å²) in [5.41, 5.74) is 6.80. The first-order valence-corrected chi connectivity index (χ1v) is 9.77. The van der Waals surface area contributed by atoms with E-state index in [9.17, 15) is 18.0 Å². The highest BCUT2D eigenvalue weighted by molar-refractivity contribution is 7.89. The van der Waals surface area contributed by atoms with Crippen molar-refractivity contribution in [1.29, 1.82) is 0 Å². The number of H-pyrrole nitrogens is 2. The van der Waals surface area contributed by atoms with Crippen molar-refractivity contribution in [1.82, 2.24) is 19.5 Å². The van der Waals surface area contributed by atoms with Crippen molar-refractivity contribution in [2.24, 2.45) is 5.73 Å². The average molecular weight is 391 g/mol. The molecule has 1 aliphatic heterocycles. The Balaban J connectivity index is 1.51. The Labute approximate surface area is 153 Å². The van der Waals surface area contributed by atoms with Crippen molar-refractivity contribution in [3.05, 3.63) is 46.2 Å². The molecule has 4 N–H and O–H groups in total. The lowest BCUT2D eigenvalue weighted by Gasteiger charge is -2.30. The summed E-state index contributed by atoms with van der Waals surface area (Å²) in [6.07, 6.45) is 1.18. The molecule has 11 heteroatoms. The topological polar surface area (TPSA) is 155 Å². The monoisotopic (exact) mass is 391 g/mol. The number of hydrogen-bond donors (Lipinski definition) is 3. The second-order valence-electron chi connectivity index (χ2n) is 6.42. The maximum absolute atomic E-state index is 12.9. The minimum Gasteiger partial charge on any atom is -0.408 e. The Morgan fingerprint density at radius 1 is 1.26 bits per heavy atom. The van der Waals surface area contributed by atoms with Gasteiger partial charge in [0.1, 0.15) is 5.69 Å². The molecular formula is C16H17N5O5S. The lowest BCUT2D eigenvalue weighted by molar-refractivity contribution is 0.0995. The maximum atomic E-state index is 12.9. The Morgan fingerprint density at radius 3 is 2.67 bits per heavy atom. The number of primary amides is 1. The fourth-order valence-corrected chi connectivity index (χ4v) is 4.82. The van der Waals surface area contributed by atoms with Gasteiger partial charge in [0.25, 0.3) is 5.91 Å². The number of nitrogens with two attached hydrogens (primary N) is 1. The molecule has 0 atom stereocenters. The van der Waals surface area contributed by atoms with Gasteiger partial charge in [-0.2, -0.15) is 9.40 Å². The molecular weight excluding hydrogens is 374 g/mol. The van der Waals surface area contributed by atoms with Crippen molar-refractivity contribution in [2.45, 2.75) is 23.7 Å². The van der Waals surface area contributed by atoms with Crippen LogP contribution < -0.4 is 11.5 Å². The van der Waals surface area contributed by atoms with E-state index in [0.717, 1.165) is 5.69 Å². The molecule has 0 saturated carbocycles. The van der Waals surface area contributed by atoms with Crippen LogP contribution in [0, 0.1) is 0 Å². The number of fused-ring (bicyclic) bond motifs is 1. The molecule has 1 amide bonds. The van der Waals surface area contributed by atoms with Crippen molar-refractivity contribution in [3.8, 4) is 0 Å². The lowest BCUT2D eigenvalue weighted by Crippen LogP contribution is -2.37. The summed E-state index contributed by atoms with van der Waals surface area (Å²) in [4.78, 5) is 25.0. The molecule has 10 nitrogen and oxygen atoms in total. The Morgan fingerprint density at radius 2 is 2.00 bits per heavy atom. The van der Waals surface area contributed by atoms with Crippen LogP contribution in [0.1, 0.15) is 34.9 Å². The van der Waals surface area contributed by atoms with E-state index in [4.69, 9.17) is 10.2 Å². The molecule has 3 heterocycles. The van der Waals surface area contributed by atoms with Crippen LogP contribution in [0.5, 0.6) is 0 Å². The summed E-state index contributed by atoms with van der Waals surface area (Å²) in [5, 5.41) is 6.67. The van der Waals surface area contributed by atoms with Gasteiger partial charge in [0.15, 0.2) is 5.58 Å². The SMILES string of the molecule is NC(=O)c1cc(C2CCN(S(=O)(=O)c3ccc4oc(=O)[nH]c4c3)CC2)[nH]n1. The van der Waals surface area contributed by atoms with Gasteiger partial charge in [0.05, 0.1) is 10.4 Å². The fourth-order valence-electron chi connectivity index (χ4n) is 3.32. The zero-order valence-corrected chi connectivity index (χ0v) is 15.0. The number of oxazole rings is 1. The van der Waals surface area contributed by atoms with Crippen LogP contribution in [0.3, 0.4) is 0 Å². The number of nitrogens with zero attached hydrogens (tertiary/aromatic N) is 2. The van der Waals surface area contributed by atoms with Gasteiger partial charge in [-0.05, 0) is 37.1 Å². The Bertz CT molecular complexity index is 1170. The predicted molar refractivity (Wildman–Crippen MR) is 94.7 cm³/mol. The molecule has 0 unspecified atom stereocenters. The summed E-state index contributed by atoms with van der Waals surface area (Å²) in [7, 11) is -3.69. The van der Waals surface area contributed by atoms with Crippen LogP contribution in [0.4, 0.5) is 0 Å². The van der Waals surface area contributed by atoms with Gasteiger partial charge < -0.3 is 10.2 Å². The summed E-state index contributed by atoms with van der Waals surface area (Å²) in [6, 6.07) is 5.90. The van der Waals surface area contributed by atoms with E-state index < -0.39 is 21.7 Å². The third-order valence-electron chi connectivity index (χ3n) is 4.77. The first-order chi connectivity index (χ1) is 12.8. The number of benzene rings is 1. The Hall–Kier alpha value is -2.92. The van der Waals surface area contributed by atoms with E-state index in [1.54, 1.807) is 6.07 Å². The molecule has 0 aliphatic carbocycles. The fraction of sp³-hybridized carbons (Fsp3) is 0.312. The molecule has 2 aromatic heterocycles. The number of amides is 1. The van der Waals surface area contributed by atoms with E-state index in [1.165, 1.54) is 22.5 Å². The van der Waals surface area contributed by atoms with E-state index in [2.05, 4.69) is 15.2 Å². The number of hydrogen-bond acceptors (Lipinski definition) is 6. The maximum Gasteiger partial charge on any atom is 0.417 e. The molecule has 1 aromatic carbocycles. The number of carbonyl (C=O) groups excluding carboxylic acids is 1. The molecule has 0 bridgehead atoms. The van der Waals surface area contributed by atoms with E-state index in [-0.39, 0.29) is 16.5 Å². The molecule has 3 aromatic rings. The normalized spacial score (nSPS) is 16.7. The lowest BCUT2D eigenvalue weighted by atomic mass is 9.94. The number of nitrogens with one attached hydrogen (secondary N) is 2. The van der Waals surface area contributed by atoms with Crippen LogP contribution in [-0.2, 0) is 10.0 Å². The predicted octanol–water partition coefficient (Wildman–Crippen LogP) is 0.511. The van der Waals surface area contributed by atoms with Gasteiger partial charge in [0.2, 0.25) is 10.0 Å². The molecule has 27 heavy (non-hydrogen) atoms. The van der Waals surface area contributed by atoms with Gasteiger partial charge in [-0.15, -0.1) is 0 Å². The van der Waals surface area contributed by atoms with Gasteiger partial charge in [-0.1, -0.05) is 0 Å². The highest BCUT2D eigenvalue weighted by atomic mass is 32.2. The van der Waals surface area contributed by atoms with Crippen molar-refractivity contribution >= 4 is 27.0 Å². The number of aromatic amines is 2. The Kier molecular flexibility index (Phi) is 4.12. The number of aromatic nitrogens is 3. The zero-order chi connectivity index (χ0) is 19.2. The van der Waals surface area contributed by atoms with Crippen molar-refractivity contribution < 1.29 is 17.6 Å². The van der Waals surface area contributed by atoms with E-state index >= 15 is 0 Å². The van der Waals surface area contributed by atoms with Gasteiger partial charge >= 0.3 is 5.76 Å². The molecule has 1 fully saturated rings. The highest BCUT2D eigenvalue weighted by Gasteiger charge is 2.31. The van der Waals surface area contributed by atoms with Crippen LogP contribution >= 0.6 is 0 Å². The second-order valence-corrected chi connectivity index (χ2v) is 8.36. The summed E-state index contributed by atoms with van der Waals surface area (Å²) < 4.78 is 32.1. The van der Waals surface area contributed by atoms with Crippen molar-refractivity contribution in [3.63, 3.8) is 0 Å². The highest BCUT2D eigenvalue weighted by Crippen LogP contribution is 2.30. The molecule has 1 saturated heterocycles. The number of sulfonamides is 1. The van der Waals surface area contributed by atoms with E-state index in [0.29, 0.717) is 37.0 Å². The standard InChI is InChI=1S/C16H17N5O5S/c17-15(22)13-8-11(19-20-13)9-3-5-21(6-4-9)27(24,25)10-1-2-14-12(7-10)18-16(23)26-14/h1-2,7-9H,3-6H2,(H2,17,22)(H,18,23)(H,19,20). The minimum atomic E-state index is -3.69. The molecule has 1 aliphatic rings. The molecule has 0 radical (unpaired) electrons. The second kappa shape index (κ2) is 6.35. The minimum absolute atomic E-state index is 0.0739. The number of rotatable bonds is 4. The number of carbonyl (C=O) groups is 1. The van der Waals surface area contributed by atoms with E-state index in [1.807, 2.05) is 0 Å². The van der Waals surface area contributed by atoms with Crippen molar-refractivity contribution in [2.75, 3.05) is 13.1 Å².